The van der Waals surface area contributed by atoms with Gasteiger partial charge in [0.2, 0.25) is 0 Å². The molecule has 0 bridgehead atoms. The van der Waals surface area contributed by atoms with Crippen LogP contribution in [0.4, 0.5) is 13.2 Å². The number of hydrogen-bond donors (Lipinski definition) is 1. The summed E-state index contributed by atoms with van der Waals surface area (Å²) in [7, 11) is 1.81. The van der Waals surface area contributed by atoms with E-state index in [0.717, 1.165) is 5.56 Å². The molecule has 0 fully saturated rings. The van der Waals surface area contributed by atoms with E-state index in [-0.39, 0.29) is 12.6 Å². The summed E-state index contributed by atoms with van der Waals surface area (Å²) in [6, 6.07) is 0.0400. The lowest BCUT2D eigenvalue weighted by Gasteiger charge is -2.12. The monoisotopic (exact) mass is 251 g/mol. The van der Waals surface area contributed by atoms with Gasteiger partial charge in [0.05, 0.1) is 12.8 Å². The molecule has 0 aliphatic rings. The molecule has 1 heterocycles. The van der Waals surface area contributed by atoms with Crippen LogP contribution in [-0.4, -0.2) is 35.7 Å². The molecule has 0 spiro atoms. The minimum Gasteiger partial charge on any atom is -0.371 e. The first-order valence-corrected chi connectivity index (χ1v) is 5.25. The van der Waals surface area contributed by atoms with Crippen LogP contribution in [0.5, 0.6) is 0 Å². The van der Waals surface area contributed by atoms with Gasteiger partial charge < -0.3 is 10.1 Å². The van der Waals surface area contributed by atoms with Gasteiger partial charge in [-0.05, 0) is 6.92 Å². The van der Waals surface area contributed by atoms with E-state index in [4.69, 9.17) is 0 Å². The van der Waals surface area contributed by atoms with E-state index in [2.05, 4.69) is 15.2 Å². The zero-order valence-corrected chi connectivity index (χ0v) is 9.79. The van der Waals surface area contributed by atoms with Gasteiger partial charge in [0.25, 0.3) is 0 Å². The van der Waals surface area contributed by atoms with E-state index < -0.39 is 12.8 Å². The second-order valence-corrected chi connectivity index (χ2v) is 3.79. The Kier molecular flexibility index (Phi) is 4.95. The summed E-state index contributed by atoms with van der Waals surface area (Å²) in [6.07, 6.45) is -0.683. The first-order chi connectivity index (χ1) is 7.88. The molecule has 17 heavy (non-hydrogen) atoms. The van der Waals surface area contributed by atoms with Crippen LogP contribution >= 0.6 is 0 Å². The fraction of sp³-hybridized carbons (Fsp3) is 0.700. The van der Waals surface area contributed by atoms with Gasteiger partial charge in [0, 0.05) is 31.4 Å². The number of nitrogens with one attached hydrogen (secondary N) is 1. The molecule has 0 radical (unpaired) electrons. The molecule has 0 saturated carbocycles. The number of ether oxygens (including phenoxy) is 1. The van der Waals surface area contributed by atoms with Crippen molar-refractivity contribution in [3.8, 4) is 0 Å². The molecule has 1 rings (SSSR count). The predicted molar refractivity (Wildman–Crippen MR) is 56.5 cm³/mol. The summed E-state index contributed by atoms with van der Waals surface area (Å²) in [5, 5.41) is 7.06. The number of hydrogen-bond acceptors (Lipinski definition) is 3. The average molecular weight is 251 g/mol. The third-order valence-electron chi connectivity index (χ3n) is 2.19. The van der Waals surface area contributed by atoms with Crippen molar-refractivity contribution in [2.75, 3.05) is 19.8 Å². The maximum absolute atomic E-state index is 11.8. The van der Waals surface area contributed by atoms with Crippen molar-refractivity contribution < 1.29 is 17.9 Å². The van der Waals surface area contributed by atoms with Crippen LogP contribution in [0.1, 0.15) is 18.5 Å². The fourth-order valence-corrected chi connectivity index (χ4v) is 1.32. The Labute approximate surface area is 97.8 Å². The first-order valence-electron chi connectivity index (χ1n) is 5.25. The van der Waals surface area contributed by atoms with Crippen LogP contribution in [-0.2, 0) is 11.8 Å². The highest BCUT2D eigenvalue weighted by Crippen LogP contribution is 2.14. The molecule has 4 nitrogen and oxygen atoms in total. The number of rotatable bonds is 6. The van der Waals surface area contributed by atoms with Gasteiger partial charge in [0.15, 0.2) is 0 Å². The Hall–Kier alpha value is -1.08. The smallest absolute Gasteiger partial charge is 0.371 e. The maximum Gasteiger partial charge on any atom is 0.411 e. The van der Waals surface area contributed by atoms with Gasteiger partial charge in [-0.2, -0.15) is 18.3 Å². The summed E-state index contributed by atoms with van der Waals surface area (Å²) >= 11 is 0. The molecule has 0 saturated heterocycles. The van der Waals surface area contributed by atoms with E-state index in [9.17, 15) is 13.2 Å². The van der Waals surface area contributed by atoms with Crippen molar-refractivity contribution in [3.63, 3.8) is 0 Å². The number of aryl methyl sites for hydroxylation is 1. The molecule has 0 amide bonds. The van der Waals surface area contributed by atoms with Crippen molar-refractivity contribution in [3.05, 3.63) is 18.0 Å². The van der Waals surface area contributed by atoms with Gasteiger partial charge in [-0.3, -0.25) is 4.68 Å². The fourth-order valence-electron chi connectivity index (χ4n) is 1.32. The number of alkyl halides is 3. The predicted octanol–water partition coefficient (Wildman–Crippen LogP) is 1.65. The lowest BCUT2D eigenvalue weighted by Crippen LogP contribution is -2.25. The topological polar surface area (TPSA) is 39.1 Å². The lowest BCUT2D eigenvalue weighted by atomic mass is 10.2. The van der Waals surface area contributed by atoms with Crippen LogP contribution in [0.15, 0.2) is 12.4 Å². The van der Waals surface area contributed by atoms with Crippen LogP contribution < -0.4 is 5.32 Å². The Bertz CT molecular complexity index is 338. The summed E-state index contributed by atoms with van der Waals surface area (Å²) in [6.45, 7) is 1.12. The normalized spacial score (nSPS) is 13.9. The van der Waals surface area contributed by atoms with Crippen molar-refractivity contribution in [2.45, 2.75) is 19.1 Å². The first kappa shape index (κ1) is 14.0. The summed E-state index contributed by atoms with van der Waals surface area (Å²) in [4.78, 5) is 0. The quantitative estimate of drug-likeness (QED) is 0.781. The van der Waals surface area contributed by atoms with Crippen LogP contribution in [0.25, 0.3) is 0 Å². The molecule has 1 aromatic rings. The number of nitrogens with zero attached hydrogens (tertiary/aromatic N) is 2. The van der Waals surface area contributed by atoms with Crippen molar-refractivity contribution in [1.82, 2.24) is 15.1 Å². The molecule has 0 aromatic carbocycles. The molecule has 0 aliphatic heterocycles. The SMILES string of the molecule is CC(NCCOCC(F)(F)F)c1cnn(C)c1. The highest BCUT2D eigenvalue weighted by molar-refractivity contribution is 5.08. The summed E-state index contributed by atoms with van der Waals surface area (Å²) < 4.78 is 41.4. The molecule has 1 aromatic heterocycles. The highest BCUT2D eigenvalue weighted by Gasteiger charge is 2.27. The Morgan fingerprint density at radius 3 is 2.76 bits per heavy atom. The third kappa shape index (κ3) is 5.69. The molecule has 1 unspecified atom stereocenters. The zero-order valence-electron chi connectivity index (χ0n) is 9.79. The molecule has 1 atom stereocenters. The molecular weight excluding hydrogens is 235 g/mol. The Balaban J connectivity index is 2.15. The van der Waals surface area contributed by atoms with E-state index in [1.54, 1.807) is 10.9 Å². The van der Waals surface area contributed by atoms with Crippen molar-refractivity contribution in [1.29, 1.82) is 0 Å². The third-order valence-corrected chi connectivity index (χ3v) is 2.19. The Morgan fingerprint density at radius 1 is 1.53 bits per heavy atom. The van der Waals surface area contributed by atoms with Crippen LogP contribution in [0.3, 0.4) is 0 Å². The second kappa shape index (κ2) is 6.02. The average Bonchev–Trinajstić information content (AvgIpc) is 2.62. The van der Waals surface area contributed by atoms with Gasteiger partial charge in [0.1, 0.15) is 6.61 Å². The Morgan fingerprint density at radius 2 is 2.24 bits per heavy atom. The van der Waals surface area contributed by atoms with E-state index >= 15 is 0 Å². The number of aromatic nitrogens is 2. The van der Waals surface area contributed by atoms with Gasteiger partial charge in [-0.1, -0.05) is 0 Å². The molecular formula is C10H16F3N3O. The zero-order chi connectivity index (χ0) is 12.9. The van der Waals surface area contributed by atoms with Gasteiger partial charge in [-0.15, -0.1) is 0 Å². The van der Waals surface area contributed by atoms with Gasteiger partial charge in [-0.25, -0.2) is 0 Å². The van der Waals surface area contributed by atoms with Gasteiger partial charge >= 0.3 is 6.18 Å². The summed E-state index contributed by atoms with van der Waals surface area (Å²) in [5.41, 5.74) is 0.989. The molecule has 0 aliphatic carbocycles. The molecule has 7 heteroatoms. The minimum absolute atomic E-state index is 0.0319. The standard InChI is InChI=1S/C10H16F3N3O/c1-8(9-5-15-16(2)6-9)14-3-4-17-7-10(11,12)13/h5-6,8,14H,3-4,7H2,1-2H3. The minimum atomic E-state index is -4.25. The van der Waals surface area contributed by atoms with E-state index in [0.29, 0.717) is 6.54 Å². The highest BCUT2D eigenvalue weighted by atomic mass is 19.4. The van der Waals surface area contributed by atoms with E-state index in [1.165, 1.54) is 0 Å². The molecule has 98 valence electrons. The maximum atomic E-state index is 11.8. The largest absolute Gasteiger partial charge is 0.411 e. The molecule has 1 N–H and O–H groups in total. The van der Waals surface area contributed by atoms with Crippen LogP contribution in [0.2, 0.25) is 0 Å². The summed E-state index contributed by atoms with van der Waals surface area (Å²) in [5.74, 6) is 0. The van der Waals surface area contributed by atoms with Crippen molar-refractivity contribution in [2.24, 2.45) is 7.05 Å². The van der Waals surface area contributed by atoms with Crippen LogP contribution in [0, 0.1) is 0 Å². The van der Waals surface area contributed by atoms with Crippen molar-refractivity contribution >= 4 is 0 Å². The number of halogens is 3. The second-order valence-electron chi connectivity index (χ2n) is 3.79. The van der Waals surface area contributed by atoms with E-state index in [1.807, 2.05) is 20.2 Å². The lowest BCUT2D eigenvalue weighted by molar-refractivity contribution is -0.173.